The smallest absolute Gasteiger partial charge is 0.252 e. The van der Waals surface area contributed by atoms with Crippen molar-refractivity contribution in [2.24, 2.45) is 0 Å². The molecule has 88 valence electrons. The molecule has 0 saturated heterocycles. The van der Waals surface area contributed by atoms with E-state index in [1.807, 2.05) is 13.8 Å². The molecule has 1 saturated carbocycles. The predicted molar refractivity (Wildman–Crippen MR) is 64.0 cm³/mol. The Morgan fingerprint density at radius 3 is 2.38 bits per heavy atom. The molecule has 0 spiro atoms. The quantitative estimate of drug-likeness (QED) is 0.794. The maximum Gasteiger partial charge on any atom is 0.252 e. The van der Waals surface area contributed by atoms with Gasteiger partial charge in [-0.25, -0.2) is 9.97 Å². The zero-order valence-electron chi connectivity index (χ0n) is 9.79. The molecular weight excluding hydrogens is 224 g/mol. The molecule has 1 aliphatic rings. The number of hydrogen-bond acceptors (Lipinski definition) is 3. The molecule has 0 radical (unpaired) electrons. The van der Waals surface area contributed by atoms with Crippen LogP contribution in [0.4, 0.5) is 0 Å². The zero-order chi connectivity index (χ0) is 11.5. The lowest BCUT2D eigenvalue weighted by molar-refractivity contribution is 0.148. The van der Waals surface area contributed by atoms with E-state index in [1.165, 1.54) is 19.3 Å². The zero-order valence-corrected chi connectivity index (χ0v) is 10.5. The Labute approximate surface area is 101 Å². The van der Waals surface area contributed by atoms with Crippen LogP contribution in [0, 0.1) is 13.8 Å². The lowest BCUT2D eigenvalue weighted by Crippen LogP contribution is -2.20. The fourth-order valence-corrected chi connectivity index (χ4v) is 2.18. The van der Waals surface area contributed by atoms with Gasteiger partial charge in [-0.15, -0.1) is 0 Å². The van der Waals surface area contributed by atoms with Crippen molar-refractivity contribution in [3.8, 4) is 5.88 Å². The summed E-state index contributed by atoms with van der Waals surface area (Å²) in [4.78, 5) is 8.57. The van der Waals surface area contributed by atoms with Crippen molar-refractivity contribution in [2.45, 2.75) is 52.1 Å². The van der Waals surface area contributed by atoms with Crippen molar-refractivity contribution < 1.29 is 4.74 Å². The van der Waals surface area contributed by atoms with E-state index in [-0.39, 0.29) is 6.10 Å². The third kappa shape index (κ3) is 2.64. The van der Waals surface area contributed by atoms with Crippen LogP contribution in [-0.2, 0) is 0 Å². The third-order valence-corrected chi connectivity index (χ3v) is 3.31. The summed E-state index contributed by atoms with van der Waals surface area (Å²) in [6.07, 6.45) is 6.26. The van der Waals surface area contributed by atoms with Crippen molar-refractivity contribution in [1.29, 1.82) is 0 Å². The molecule has 1 fully saturated rings. The Kier molecular flexibility index (Phi) is 3.64. The summed E-state index contributed by atoms with van der Waals surface area (Å²) >= 11 is 6.02. The van der Waals surface area contributed by atoms with Crippen LogP contribution < -0.4 is 4.74 Å². The van der Waals surface area contributed by atoms with Gasteiger partial charge in [0.1, 0.15) is 6.10 Å². The van der Waals surface area contributed by atoms with Crippen LogP contribution in [0.5, 0.6) is 5.88 Å². The van der Waals surface area contributed by atoms with E-state index in [1.54, 1.807) is 0 Å². The van der Waals surface area contributed by atoms with Gasteiger partial charge in [-0.3, -0.25) is 0 Å². The Morgan fingerprint density at radius 2 is 1.69 bits per heavy atom. The largest absolute Gasteiger partial charge is 0.472 e. The highest BCUT2D eigenvalue weighted by Crippen LogP contribution is 2.26. The van der Waals surface area contributed by atoms with Crippen molar-refractivity contribution in [3.05, 3.63) is 16.5 Å². The molecule has 0 aliphatic heterocycles. The lowest BCUT2D eigenvalue weighted by Gasteiger charge is -2.22. The maximum atomic E-state index is 6.02. The minimum atomic E-state index is 0.266. The Hall–Kier alpha value is -0.830. The van der Waals surface area contributed by atoms with Crippen LogP contribution in [0.3, 0.4) is 0 Å². The summed E-state index contributed by atoms with van der Waals surface area (Å²) in [6.45, 7) is 3.82. The van der Waals surface area contributed by atoms with Crippen molar-refractivity contribution >= 4 is 11.6 Å². The summed E-state index contributed by atoms with van der Waals surface area (Å²) in [6, 6.07) is 0. The predicted octanol–water partition coefficient (Wildman–Crippen LogP) is 3.46. The number of nitrogens with zero attached hydrogens (tertiary/aromatic N) is 2. The van der Waals surface area contributed by atoms with Gasteiger partial charge in [-0.05, 0) is 39.5 Å². The standard InChI is InChI=1S/C12H17ClN2O/c1-8-9(2)15-12(11(13)14-8)16-10-6-4-3-5-7-10/h10H,3-7H2,1-2H3. The monoisotopic (exact) mass is 240 g/mol. The first kappa shape index (κ1) is 11.6. The Morgan fingerprint density at radius 1 is 1.06 bits per heavy atom. The fraction of sp³-hybridized carbons (Fsp3) is 0.667. The Bertz CT molecular complexity index is 376. The third-order valence-electron chi connectivity index (χ3n) is 3.07. The molecule has 1 aliphatic carbocycles. The first-order chi connectivity index (χ1) is 7.66. The summed E-state index contributed by atoms with van der Waals surface area (Å²) in [5.41, 5.74) is 1.75. The molecule has 3 nitrogen and oxygen atoms in total. The number of hydrogen-bond donors (Lipinski definition) is 0. The average molecular weight is 241 g/mol. The molecular formula is C12H17ClN2O. The van der Waals surface area contributed by atoms with E-state index in [2.05, 4.69) is 9.97 Å². The molecule has 0 atom stereocenters. The van der Waals surface area contributed by atoms with Crippen molar-refractivity contribution in [2.75, 3.05) is 0 Å². The second kappa shape index (κ2) is 5.00. The van der Waals surface area contributed by atoms with Gasteiger partial charge in [0, 0.05) is 0 Å². The van der Waals surface area contributed by atoms with Crippen LogP contribution in [0.2, 0.25) is 5.15 Å². The fourth-order valence-electron chi connectivity index (χ4n) is 1.97. The number of rotatable bonds is 2. The average Bonchev–Trinajstić information content (AvgIpc) is 2.27. The van der Waals surface area contributed by atoms with Crippen molar-refractivity contribution in [1.82, 2.24) is 9.97 Å². The molecule has 1 aromatic heterocycles. The maximum absolute atomic E-state index is 6.02. The van der Waals surface area contributed by atoms with E-state index in [9.17, 15) is 0 Å². The van der Waals surface area contributed by atoms with Gasteiger partial charge in [-0.1, -0.05) is 18.0 Å². The highest BCUT2D eigenvalue weighted by Gasteiger charge is 2.18. The van der Waals surface area contributed by atoms with Crippen LogP contribution in [0.1, 0.15) is 43.5 Å². The highest BCUT2D eigenvalue weighted by atomic mass is 35.5. The number of aromatic nitrogens is 2. The normalized spacial score (nSPS) is 17.4. The van der Waals surface area contributed by atoms with Gasteiger partial charge in [0.2, 0.25) is 0 Å². The number of aryl methyl sites for hydroxylation is 2. The van der Waals surface area contributed by atoms with Gasteiger partial charge < -0.3 is 4.74 Å². The van der Waals surface area contributed by atoms with Crippen LogP contribution in [0.25, 0.3) is 0 Å². The van der Waals surface area contributed by atoms with E-state index in [0.29, 0.717) is 11.0 Å². The van der Waals surface area contributed by atoms with E-state index in [0.717, 1.165) is 24.2 Å². The van der Waals surface area contributed by atoms with Crippen LogP contribution in [-0.4, -0.2) is 16.1 Å². The summed E-state index contributed by atoms with van der Waals surface area (Å²) in [5.74, 6) is 0.497. The lowest BCUT2D eigenvalue weighted by atomic mass is 9.98. The molecule has 0 bridgehead atoms. The highest BCUT2D eigenvalue weighted by molar-refractivity contribution is 6.30. The molecule has 4 heteroatoms. The SMILES string of the molecule is Cc1nc(Cl)c(OC2CCCCC2)nc1C. The molecule has 16 heavy (non-hydrogen) atoms. The molecule has 0 aromatic carbocycles. The first-order valence-corrected chi connectivity index (χ1v) is 6.22. The number of halogens is 1. The molecule has 1 aromatic rings. The Balaban J connectivity index is 2.11. The van der Waals surface area contributed by atoms with Gasteiger partial charge in [0.15, 0.2) is 5.15 Å². The summed E-state index contributed by atoms with van der Waals surface area (Å²) < 4.78 is 5.82. The van der Waals surface area contributed by atoms with Gasteiger partial charge in [-0.2, -0.15) is 0 Å². The minimum absolute atomic E-state index is 0.266. The summed E-state index contributed by atoms with van der Waals surface area (Å²) in [5, 5.41) is 0.383. The second-order valence-corrected chi connectivity index (χ2v) is 4.73. The van der Waals surface area contributed by atoms with Gasteiger partial charge in [0.25, 0.3) is 5.88 Å². The van der Waals surface area contributed by atoms with E-state index < -0.39 is 0 Å². The van der Waals surface area contributed by atoms with Gasteiger partial charge >= 0.3 is 0 Å². The van der Waals surface area contributed by atoms with Crippen molar-refractivity contribution in [3.63, 3.8) is 0 Å². The number of ether oxygens (including phenoxy) is 1. The van der Waals surface area contributed by atoms with Crippen LogP contribution in [0.15, 0.2) is 0 Å². The molecule has 2 rings (SSSR count). The minimum Gasteiger partial charge on any atom is -0.472 e. The molecule has 0 N–H and O–H groups in total. The first-order valence-electron chi connectivity index (χ1n) is 5.84. The van der Waals surface area contributed by atoms with E-state index >= 15 is 0 Å². The molecule has 1 heterocycles. The summed E-state index contributed by atoms with van der Waals surface area (Å²) in [7, 11) is 0. The topological polar surface area (TPSA) is 35.0 Å². The molecule has 0 unspecified atom stereocenters. The molecule has 0 amide bonds. The van der Waals surface area contributed by atoms with Crippen LogP contribution >= 0.6 is 11.6 Å². The second-order valence-electron chi connectivity index (χ2n) is 4.37. The van der Waals surface area contributed by atoms with Gasteiger partial charge in [0.05, 0.1) is 11.4 Å². The van der Waals surface area contributed by atoms with E-state index in [4.69, 9.17) is 16.3 Å².